The van der Waals surface area contributed by atoms with E-state index in [0.717, 1.165) is 72.6 Å². The van der Waals surface area contributed by atoms with Gasteiger partial charge in [-0.25, -0.2) is 0 Å². The fraction of sp³-hybridized carbons (Fsp3) is 0.400. The summed E-state index contributed by atoms with van der Waals surface area (Å²) in [5.41, 5.74) is 3.94. The summed E-state index contributed by atoms with van der Waals surface area (Å²) in [6.07, 6.45) is 11.8. The second-order valence-corrected chi connectivity index (χ2v) is 9.41. The first-order valence-electron chi connectivity index (χ1n) is 11.7. The summed E-state index contributed by atoms with van der Waals surface area (Å²) in [4.78, 5) is 27.9. The largest absolute Gasteiger partial charge is 0.349 e. The number of fused-ring (bicyclic) bond motifs is 2. The van der Waals surface area contributed by atoms with E-state index in [9.17, 15) is 4.79 Å². The molecule has 3 N–H and O–H groups in total. The van der Waals surface area contributed by atoms with Crippen molar-refractivity contribution < 1.29 is 9.39 Å². The van der Waals surface area contributed by atoms with E-state index in [1.807, 2.05) is 24.5 Å². The Morgan fingerprint density at radius 2 is 1.91 bits per heavy atom. The topological polar surface area (TPSA) is 86.8 Å². The summed E-state index contributed by atoms with van der Waals surface area (Å²) in [6.45, 7) is 1.59. The average Bonchev–Trinajstić information content (AvgIpc) is 3.55. The van der Waals surface area contributed by atoms with Crippen molar-refractivity contribution in [1.29, 1.82) is 0 Å². The van der Waals surface area contributed by atoms with E-state index in [4.69, 9.17) is 10.8 Å². The maximum Gasteiger partial charge on any atom is 0.281 e. The lowest BCUT2D eigenvalue weighted by Gasteiger charge is -2.33. The molecule has 2 fully saturated rings. The number of para-hydroxylation sites is 1. The van der Waals surface area contributed by atoms with Crippen LogP contribution in [-0.4, -0.2) is 45.5 Å². The van der Waals surface area contributed by atoms with Crippen molar-refractivity contribution in [1.82, 2.24) is 9.88 Å². The minimum Gasteiger partial charge on any atom is -0.349 e. The van der Waals surface area contributed by atoms with E-state index in [0.29, 0.717) is 5.91 Å². The van der Waals surface area contributed by atoms with Crippen LogP contribution in [0.15, 0.2) is 64.1 Å². The number of piperidine rings is 1. The second kappa shape index (κ2) is 7.53. The van der Waals surface area contributed by atoms with Crippen LogP contribution in [0, 0.1) is 11.8 Å². The number of quaternary nitrogens is 1. The third-order valence-electron chi connectivity index (χ3n) is 7.49. The van der Waals surface area contributed by atoms with E-state index in [1.54, 1.807) is 6.20 Å². The number of amides is 1. The first kappa shape index (κ1) is 19.6. The number of carbonyl (C=O) groups is 1. The lowest BCUT2D eigenvalue weighted by molar-refractivity contribution is -0.750. The number of nitrogens with one attached hydrogen (secondary N) is 1. The molecule has 7 nitrogen and oxygen atoms in total. The van der Waals surface area contributed by atoms with Gasteiger partial charge in [0.25, 0.3) is 5.84 Å². The minimum absolute atomic E-state index is 0.0346. The van der Waals surface area contributed by atoms with Crippen LogP contribution < -0.4 is 5.84 Å². The highest BCUT2D eigenvalue weighted by Gasteiger charge is 2.47. The number of nitrogens with two attached hydrogens (primary N) is 1. The third-order valence-corrected chi connectivity index (χ3v) is 7.49. The number of nitrogens with zero attached hydrogens (tertiary/aromatic N) is 4. The Labute approximate surface area is 187 Å². The van der Waals surface area contributed by atoms with E-state index in [-0.39, 0.29) is 16.4 Å². The molecule has 32 heavy (non-hydrogen) atoms. The van der Waals surface area contributed by atoms with Crippen LogP contribution in [-0.2, 0) is 4.79 Å². The number of hydrogen-bond donors (Lipinski definition) is 2. The van der Waals surface area contributed by atoms with Gasteiger partial charge in [0, 0.05) is 35.8 Å². The van der Waals surface area contributed by atoms with Gasteiger partial charge in [-0.3, -0.25) is 9.79 Å². The van der Waals surface area contributed by atoms with Crippen molar-refractivity contribution in [3.8, 4) is 0 Å². The molecule has 1 aromatic heterocycles. The van der Waals surface area contributed by atoms with Gasteiger partial charge in [-0.1, -0.05) is 31.0 Å². The summed E-state index contributed by atoms with van der Waals surface area (Å²) >= 11 is 0. The molecule has 7 heteroatoms. The molecule has 164 valence electrons. The van der Waals surface area contributed by atoms with Crippen LogP contribution in [0.3, 0.4) is 0 Å². The average molecular weight is 430 g/mol. The van der Waals surface area contributed by atoms with Crippen molar-refractivity contribution in [2.45, 2.75) is 38.5 Å². The summed E-state index contributed by atoms with van der Waals surface area (Å²) in [5.74, 6) is 8.58. The lowest BCUT2D eigenvalue weighted by atomic mass is 9.91. The van der Waals surface area contributed by atoms with Gasteiger partial charge in [0.2, 0.25) is 11.6 Å². The molecule has 1 saturated heterocycles. The Hall–Kier alpha value is -3.03. The molecule has 0 spiro atoms. The number of amidine groups is 1. The molecule has 1 amide bonds. The molecule has 1 saturated carbocycles. The molecular formula is C25H29N6O+. The van der Waals surface area contributed by atoms with E-state index in [2.05, 4.69) is 33.1 Å². The Morgan fingerprint density at radius 3 is 2.69 bits per heavy atom. The van der Waals surface area contributed by atoms with Crippen molar-refractivity contribution in [3.05, 3.63) is 59.8 Å². The first-order chi connectivity index (χ1) is 15.6. The smallest absolute Gasteiger partial charge is 0.281 e. The molecule has 0 radical (unpaired) electrons. The van der Waals surface area contributed by atoms with Crippen molar-refractivity contribution in [2.24, 2.45) is 27.7 Å². The SMILES string of the molecule is N[N+]12C=CN=CC1=C(C1CCN(C(=O)C3CCCC3)CC1)N=C2c1cc2ccccc2[nH]1. The Balaban J connectivity index is 1.28. The predicted octanol–water partition coefficient (Wildman–Crippen LogP) is 3.81. The Bertz CT molecular complexity index is 1160. The van der Waals surface area contributed by atoms with E-state index in [1.165, 1.54) is 12.8 Å². The summed E-state index contributed by atoms with van der Waals surface area (Å²) in [7, 11) is 0. The monoisotopic (exact) mass is 429 g/mol. The molecule has 6 rings (SSSR count). The number of benzene rings is 1. The van der Waals surface area contributed by atoms with Crippen LogP contribution in [0.1, 0.15) is 44.2 Å². The highest BCUT2D eigenvalue weighted by molar-refractivity contribution is 6.02. The number of aromatic amines is 1. The van der Waals surface area contributed by atoms with Crippen LogP contribution in [0.4, 0.5) is 0 Å². The van der Waals surface area contributed by atoms with Gasteiger partial charge >= 0.3 is 0 Å². The highest BCUT2D eigenvalue weighted by Crippen LogP contribution is 2.38. The molecule has 1 atom stereocenters. The first-order valence-corrected chi connectivity index (χ1v) is 11.7. The third kappa shape index (κ3) is 3.07. The normalized spacial score (nSPS) is 26.3. The lowest BCUT2D eigenvalue weighted by Crippen LogP contribution is -2.53. The molecule has 1 unspecified atom stereocenters. The van der Waals surface area contributed by atoms with Crippen molar-refractivity contribution >= 4 is 28.9 Å². The number of allylic oxidation sites excluding steroid dienone is 2. The molecule has 0 bridgehead atoms. The summed E-state index contributed by atoms with van der Waals surface area (Å²) < 4.78 is 0.0346. The summed E-state index contributed by atoms with van der Waals surface area (Å²) in [5, 5.41) is 1.14. The number of hydrogen-bond acceptors (Lipinski definition) is 4. The maximum atomic E-state index is 12.9. The van der Waals surface area contributed by atoms with Gasteiger partial charge in [0.15, 0.2) is 0 Å². The highest BCUT2D eigenvalue weighted by atomic mass is 16.2. The molecule has 1 aliphatic carbocycles. The van der Waals surface area contributed by atoms with Gasteiger partial charge in [0.05, 0.1) is 12.4 Å². The number of carbonyl (C=O) groups excluding carboxylic acids is 1. The standard InChI is InChI=1S/C25H29N6O/c26-31-14-11-27-16-22(31)23(29-24(31)21-15-19-7-3-4-8-20(19)28-21)17-9-12-30(13-10-17)25(32)18-5-1-2-6-18/h3-4,7-8,11,14-18,28H,1-2,5-6,9-10,12-13,26H2/q+1. The summed E-state index contributed by atoms with van der Waals surface area (Å²) in [6, 6.07) is 10.3. The Kier molecular flexibility index (Phi) is 4.62. The molecule has 4 heterocycles. The van der Waals surface area contributed by atoms with Gasteiger partial charge in [-0.15, -0.1) is 4.59 Å². The zero-order valence-corrected chi connectivity index (χ0v) is 18.2. The van der Waals surface area contributed by atoms with Gasteiger partial charge in [-0.2, -0.15) is 10.8 Å². The molecular weight excluding hydrogens is 400 g/mol. The minimum atomic E-state index is 0.0346. The zero-order chi connectivity index (χ0) is 21.7. The van der Waals surface area contributed by atoms with E-state index >= 15 is 0 Å². The molecule has 3 aliphatic heterocycles. The quantitative estimate of drug-likeness (QED) is 0.574. The maximum absolute atomic E-state index is 12.9. The van der Waals surface area contributed by atoms with Gasteiger partial charge < -0.3 is 9.88 Å². The predicted molar refractivity (Wildman–Crippen MR) is 125 cm³/mol. The number of rotatable bonds is 3. The zero-order valence-electron chi connectivity index (χ0n) is 18.2. The molecule has 1 aromatic carbocycles. The van der Waals surface area contributed by atoms with Crippen molar-refractivity contribution in [3.63, 3.8) is 0 Å². The number of likely N-dealkylation sites (tertiary alicyclic amines) is 1. The fourth-order valence-electron chi connectivity index (χ4n) is 5.69. The van der Waals surface area contributed by atoms with E-state index < -0.39 is 0 Å². The molecule has 2 aromatic rings. The van der Waals surface area contributed by atoms with Crippen LogP contribution in [0.5, 0.6) is 0 Å². The van der Waals surface area contributed by atoms with Crippen molar-refractivity contribution in [2.75, 3.05) is 13.1 Å². The van der Waals surface area contributed by atoms with Crippen LogP contribution in [0.25, 0.3) is 10.9 Å². The number of H-pyrrole nitrogens is 1. The second-order valence-electron chi connectivity index (χ2n) is 9.41. The van der Waals surface area contributed by atoms with Crippen LogP contribution in [0.2, 0.25) is 0 Å². The Morgan fingerprint density at radius 1 is 1.12 bits per heavy atom. The number of aromatic nitrogens is 1. The molecule has 4 aliphatic rings. The number of aliphatic imine (C=N–C) groups is 2. The van der Waals surface area contributed by atoms with Crippen LogP contribution >= 0.6 is 0 Å². The van der Waals surface area contributed by atoms with Gasteiger partial charge in [0.1, 0.15) is 17.6 Å². The fourth-order valence-corrected chi connectivity index (χ4v) is 5.69. The van der Waals surface area contributed by atoms with Gasteiger partial charge in [-0.05, 0) is 37.8 Å².